The molecule has 29 aromatic rings. The lowest BCUT2D eigenvalue weighted by molar-refractivity contribution is 0.00708. The zero-order valence-electron chi connectivity index (χ0n) is 42.4. The Morgan fingerprint density at radius 1 is 0.222 bits per heavy atom. The summed E-state index contributed by atoms with van der Waals surface area (Å²) < 4.78 is 31.7. The molecule has 356 valence electrons. The van der Waals surface area contributed by atoms with E-state index in [0.717, 1.165) is 11.5 Å². The molecule has 35 rings (SSSR count). The lowest BCUT2D eigenvalue weighted by Crippen LogP contribution is -2.27. The fraction of sp³-hybridized carbons (Fsp3) is 0.158. The van der Waals surface area contributed by atoms with Gasteiger partial charge in [0.2, 0.25) is 0 Å². The minimum Gasteiger partial charge on any atom is -0.487 e. The average Bonchev–Trinajstić information content (AvgIpc) is 1.40. The molecule has 0 saturated heterocycles. The van der Waals surface area contributed by atoms with Crippen LogP contribution in [0.5, 0.6) is 11.5 Å². The van der Waals surface area contributed by atoms with Gasteiger partial charge in [-0.25, -0.2) is 0 Å². The second-order valence-electron chi connectivity index (χ2n) is 28.6. The van der Waals surface area contributed by atoms with Gasteiger partial charge in [-0.05, 0) is 331 Å². The molecule has 0 atom stereocenters. The highest BCUT2D eigenvalue weighted by atomic mass is 16.6. The van der Waals surface area contributed by atoms with Gasteiger partial charge in [0.25, 0.3) is 0 Å². The molecule has 1 aliphatic heterocycles. The zero-order chi connectivity index (χ0) is 49.0. The lowest BCUT2D eigenvalue weighted by Gasteiger charge is -2.32. The SMILES string of the molecule is CC1(c2ccc3c(c2)OCCOCCOCCOCCO3)C23c4c5c6c7c8c9c(c%10c%11c2c2c4c4c%12c5c5c6c6c8c8c%13c9c9c%10c%10c%11c%11c2c2c4c4c%12c%12c5c5c6c8c6c8c%13c9c9c%10c%10c%11c2c2c4c4c%12c5c6c5c8c9c%10c2c45)C713. The Morgan fingerprint density at radius 3 is 0.630 bits per heavy atom. The second kappa shape index (κ2) is 8.08. The summed E-state index contributed by atoms with van der Waals surface area (Å²) in [4.78, 5) is 0. The summed E-state index contributed by atoms with van der Waals surface area (Å²) in [7, 11) is 0. The van der Waals surface area contributed by atoms with Crippen LogP contribution in [0.25, 0.3) is 291 Å². The third-order valence-corrected chi connectivity index (χ3v) is 28.0. The van der Waals surface area contributed by atoms with Crippen molar-refractivity contribution in [3.05, 3.63) is 46.0 Å². The lowest BCUT2D eigenvalue weighted by atomic mass is 9.68. The molecule has 1 fully saturated rings. The molecular weight excluding hydrogens is 993 g/mol. The summed E-state index contributed by atoms with van der Waals surface area (Å²) in [6.45, 7) is 6.80. The van der Waals surface area contributed by atoms with E-state index in [-0.39, 0.29) is 10.8 Å². The summed E-state index contributed by atoms with van der Waals surface area (Å²) in [6, 6.07) is 7.26. The zero-order valence-corrected chi connectivity index (χ0v) is 42.4. The van der Waals surface area contributed by atoms with Crippen molar-refractivity contribution < 1.29 is 23.7 Å². The van der Waals surface area contributed by atoms with Crippen LogP contribution in [-0.2, 0) is 30.5 Å². The van der Waals surface area contributed by atoms with Crippen LogP contribution >= 0.6 is 0 Å². The van der Waals surface area contributed by atoms with Crippen LogP contribution in [0.2, 0.25) is 0 Å². The van der Waals surface area contributed by atoms with Crippen LogP contribution in [0.4, 0.5) is 0 Å². The molecule has 0 aromatic heterocycles. The number of hydrogen-bond acceptors (Lipinski definition) is 5. The average molecular weight is 1020 g/mol. The molecule has 1 heterocycles. The number of rotatable bonds is 1. The molecule has 2 spiro atoms. The first-order chi connectivity index (χ1) is 40.3. The van der Waals surface area contributed by atoms with E-state index in [0.29, 0.717) is 52.9 Å². The molecule has 0 unspecified atom stereocenters. The molecule has 81 heavy (non-hydrogen) atoms. The topological polar surface area (TPSA) is 46.2 Å². The quantitative estimate of drug-likeness (QED) is 0.153. The standard InChI is InChI=1S/C76H22O5/c1-74(13-2-3-14-15(12-13)81-11-9-79-7-5-77-4-6-78-8-10-80-14)75-70-62-54-44-34-26-18-16-17-20-24-22(18)30-38-32(24)42-36-28(20)29-21(17)25-23-19(16)27(26)35-41-31(23)39-33(25)43-37(29)47-46(36)56-50(42)60-52(38)58(48(54)40(30)34)66(70)68(60)72-64(56)65-57(47)51(43)61-53(39)59-49(41)55(45(35)44)63(62)71(75)67(59)69(61)73(65)76(72,74)75/h2-3,12H,4-11H2,1H3. The van der Waals surface area contributed by atoms with Crippen molar-refractivity contribution in [1.29, 1.82) is 0 Å². The number of hydrogen-bond donors (Lipinski definition) is 0. The van der Waals surface area contributed by atoms with Crippen LogP contribution < -0.4 is 9.47 Å². The fourth-order valence-electron chi connectivity index (χ4n) is 27.4. The largest absolute Gasteiger partial charge is 0.487 e. The maximum atomic E-state index is 7.01. The van der Waals surface area contributed by atoms with Crippen molar-refractivity contribution in [3.63, 3.8) is 0 Å². The van der Waals surface area contributed by atoms with Gasteiger partial charge in [-0.3, -0.25) is 0 Å². The second-order valence-corrected chi connectivity index (χ2v) is 28.6. The van der Waals surface area contributed by atoms with Gasteiger partial charge in [-0.2, -0.15) is 0 Å². The van der Waals surface area contributed by atoms with Crippen LogP contribution in [-0.4, -0.2) is 52.9 Å². The predicted molar refractivity (Wildman–Crippen MR) is 331 cm³/mol. The molecule has 0 N–H and O–H groups in total. The van der Waals surface area contributed by atoms with Crippen LogP contribution in [0.3, 0.4) is 0 Å². The smallest absolute Gasteiger partial charge is 0.161 e. The summed E-state index contributed by atoms with van der Waals surface area (Å²) in [5.74, 6) is 1.60. The maximum absolute atomic E-state index is 7.01. The van der Waals surface area contributed by atoms with E-state index < -0.39 is 5.41 Å². The Kier molecular flexibility index (Phi) is 3.30. The van der Waals surface area contributed by atoms with Gasteiger partial charge in [0.05, 0.1) is 39.6 Å². The Bertz CT molecular complexity index is 7180. The first-order valence-electron chi connectivity index (χ1n) is 30.2. The summed E-state index contributed by atoms with van der Waals surface area (Å²) in [6.07, 6.45) is 0. The Morgan fingerprint density at radius 2 is 0.407 bits per heavy atom. The van der Waals surface area contributed by atoms with E-state index in [1.54, 1.807) is 313 Å². The molecule has 29 aromatic carbocycles. The molecule has 1 saturated carbocycles. The molecule has 5 aliphatic carbocycles. The fourth-order valence-corrected chi connectivity index (χ4v) is 27.4. The first kappa shape index (κ1) is 33.0. The monoisotopic (exact) mass is 1010 g/mol. The van der Waals surface area contributed by atoms with E-state index in [1.165, 1.54) is 5.56 Å². The molecule has 5 heteroatoms. The van der Waals surface area contributed by atoms with Crippen LogP contribution in [0.15, 0.2) is 18.2 Å². The van der Waals surface area contributed by atoms with Gasteiger partial charge in [0, 0.05) is 16.2 Å². The third kappa shape index (κ3) is 1.97. The summed E-state index contributed by atoms with van der Waals surface area (Å²) in [5.41, 5.74) is 7.10. The highest BCUT2D eigenvalue weighted by Crippen LogP contribution is 2.96. The van der Waals surface area contributed by atoms with Crippen molar-refractivity contribution in [2.24, 2.45) is 0 Å². The Labute approximate surface area is 445 Å². The van der Waals surface area contributed by atoms with Crippen molar-refractivity contribution in [2.75, 3.05) is 52.9 Å². The number of benzene rings is 19. The highest BCUT2D eigenvalue weighted by Gasteiger charge is 2.93. The van der Waals surface area contributed by atoms with Crippen molar-refractivity contribution >= 4 is 291 Å². The van der Waals surface area contributed by atoms with E-state index in [1.807, 2.05) is 0 Å². The van der Waals surface area contributed by atoms with E-state index in [9.17, 15) is 0 Å². The predicted octanol–water partition coefficient (Wildman–Crippen LogP) is 18.1. The van der Waals surface area contributed by atoms with E-state index in [4.69, 9.17) is 23.7 Å². The van der Waals surface area contributed by atoms with Gasteiger partial charge in [-0.1, -0.05) is 13.0 Å². The van der Waals surface area contributed by atoms with Gasteiger partial charge in [0.1, 0.15) is 13.2 Å². The molecule has 5 nitrogen and oxygen atoms in total. The van der Waals surface area contributed by atoms with Gasteiger partial charge >= 0.3 is 0 Å². The normalized spacial score (nSPS) is 24.7. The van der Waals surface area contributed by atoms with E-state index in [2.05, 4.69) is 25.1 Å². The minimum absolute atomic E-state index is 0.364. The Hall–Kier alpha value is -8.84. The van der Waals surface area contributed by atoms with E-state index >= 15 is 0 Å². The molecule has 0 bridgehead atoms. The van der Waals surface area contributed by atoms with Gasteiger partial charge in [0.15, 0.2) is 11.5 Å². The van der Waals surface area contributed by atoms with Crippen molar-refractivity contribution in [1.82, 2.24) is 0 Å². The molecular formula is C76H22O5. The highest BCUT2D eigenvalue weighted by molar-refractivity contribution is 6.82. The molecule has 0 amide bonds. The number of fused-ring (bicyclic) bond motifs is 1. The van der Waals surface area contributed by atoms with Crippen LogP contribution in [0, 0.1) is 0 Å². The van der Waals surface area contributed by atoms with Crippen molar-refractivity contribution in [2.45, 2.75) is 23.2 Å². The maximum Gasteiger partial charge on any atom is 0.161 e. The summed E-state index contributed by atoms with van der Waals surface area (Å²) >= 11 is 0. The van der Waals surface area contributed by atoms with Crippen LogP contribution in [0.1, 0.15) is 34.7 Å². The van der Waals surface area contributed by atoms with Gasteiger partial charge < -0.3 is 23.7 Å². The summed E-state index contributed by atoms with van der Waals surface area (Å²) in [5, 5.41) is 88.4. The first-order valence-corrected chi connectivity index (χ1v) is 30.2. The molecule has 0 radical (unpaired) electrons. The Balaban J connectivity index is 0.939. The number of ether oxygens (including phenoxy) is 5. The minimum atomic E-state index is -0.392. The van der Waals surface area contributed by atoms with Gasteiger partial charge in [-0.15, -0.1) is 0 Å². The molecule has 6 aliphatic rings. The van der Waals surface area contributed by atoms with Crippen molar-refractivity contribution in [3.8, 4) is 11.5 Å². The third-order valence-electron chi connectivity index (χ3n) is 28.0.